The Morgan fingerprint density at radius 1 is 1.22 bits per heavy atom. The van der Waals surface area contributed by atoms with E-state index in [2.05, 4.69) is 30.9 Å². The summed E-state index contributed by atoms with van der Waals surface area (Å²) in [7, 11) is 0. The van der Waals surface area contributed by atoms with E-state index in [1.165, 1.54) is 5.69 Å². The lowest BCUT2D eigenvalue weighted by atomic mass is 10.2. The second-order valence-corrected chi connectivity index (χ2v) is 4.04. The minimum Gasteiger partial charge on any atom is -0.481 e. The van der Waals surface area contributed by atoms with Gasteiger partial charge in [0.2, 0.25) is 0 Å². The topological polar surface area (TPSA) is 49.8 Å². The first kappa shape index (κ1) is 14.5. The molecule has 1 aromatic carbocycles. The molecular formula is C14H21NO3. The van der Waals surface area contributed by atoms with Crippen molar-refractivity contribution in [2.24, 2.45) is 0 Å². The zero-order valence-electron chi connectivity index (χ0n) is 11.1. The first-order valence-electron chi connectivity index (χ1n) is 6.30. The fraction of sp³-hybridized carbons (Fsp3) is 0.500. The molecule has 0 fully saturated rings. The Morgan fingerprint density at radius 3 is 2.33 bits per heavy atom. The Kier molecular flexibility index (Phi) is 6.22. The average Bonchev–Trinajstić information content (AvgIpc) is 2.37. The van der Waals surface area contributed by atoms with Gasteiger partial charge in [-0.3, -0.25) is 4.79 Å². The van der Waals surface area contributed by atoms with Crippen LogP contribution in [-0.2, 0) is 16.1 Å². The fourth-order valence-electron chi connectivity index (χ4n) is 1.74. The van der Waals surface area contributed by atoms with E-state index in [1.54, 1.807) is 0 Å². The van der Waals surface area contributed by atoms with Gasteiger partial charge in [0.05, 0.1) is 19.6 Å². The van der Waals surface area contributed by atoms with Crippen LogP contribution in [0.2, 0.25) is 0 Å². The molecule has 0 spiro atoms. The molecular weight excluding hydrogens is 230 g/mol. The summed E-state index contributed by atoms with van der Waals surface area (Å²) in [6, 6.07) is 8.19. The van der Waals surface area contributed by atoms with Crippen molar-refractivity contribution in [1.29, 1.82) is 0 Å². The van der Waals surface area contributed by atoms with E-state index in [1.807, 2.05) is 12.1 Å². The Labute approximate surface area is 108 Å². The van der Waals surface area contributed by atoms with E-state index in [4.69, 9.17) is 9.84 Å². The van der Waals surface area contributed by atoms with Gasteiger partial charge in [0, 0.05) is 18.8 Å². The first-order chi connectivity index (χ1) is 8.67. The predicted molar refractivity (Wildman–Crippen MR) is 71.9 cm³/mol. The highest BCUT2D eigenvalue weighted by Crippen LogP contribution is 2.15. The van der Waals surface area contributed by atoms with Gasteiger partial charge in [0.1, 0.15) is 0 Å². The summed E-state index contributed by atoms with van der Waals surface area (Å²) in [4.78, 5) is 12.6. The summed E-state index contributed by atoms with van der Waals surface area (Å²) in [6.45, 7) is 6.97. The molecule has 0 aliphatic carbocycles. The van der Waals surface area contributed by atoms with Gasteiger partial charge < -0.3 is 14.7 Å². The molecule has 0 heterocycles. The number of rotatable bonds is 8. The minimum atomic E-state index is -0.827. The Balaban J connectivity index is 2.42. The molecule has 1 N–H and O–H groups in total. The van der Waals surface area contributed by atoms with Gasteiger partial charge in [-0.05, 0) is 31.5 Å². The number of ether oxygens (including phenoxy) is 1. The zero-order valence-corrected chi connectivity index (χ0v) is 11.1. The smallest absolute Gasteiger partial charge is 0.305 e. The van der Waals surface area contributed by atoms with Gasteiger partial charge >= 0.3 is 5.97 Å². The van der Waals surface area contributed by atoms with E-state index >= 15 is 0 Å². The summed E-state index contributed by atoms with van der Waals surface area (Å²) >= 11 is 0. The molecule has 0 bridgehead atoms. The first-order valence-corrected chi connectivity index (χ1v) is 6.30. The summed E-state index contributed by atoms with van der Waals surface area (Å²) in [5.41, 5.74) is 2.27. The molecule has 100 valence electrons. The number of carboxylic acids is 1. The maximum atomic E-state index is 10.3. The number of hydrogen-bond donors (Lipinski definition) is 1. The van der Waals surface area contributed by atoms with E-state index in [0.29, 0.717) is 6.61 Å². The Bertz CT molecular complexity index is 358. The highest BCUT2D eigenvalue weighted by atomic mass is 16.5. The van der Waals surface area contributed by atoms with E-state index in [9.17, 15) is 4.79 Å². The fourth-order valence-corrected chi connectivity index (χ4v) is 1.74. The van der Waals surface area contributed by atoms with Crippen molar-refractivity contribution in [2.75, 3.05) is 24.6 Å². The zero-order chi connectivity index (χ0) is 13.4. The van der Waals surface area contributed by atoms with Crippen LogP contribution in [0, 0.1) is 0 Å². The molecule has 0 saturated carbocycles. The number of hydrogen-bond acceptors (Lipinski definition) is 3. The number of aliphatic carboxylic acids is 1. The van der Waals surface area contributed by atoms with Gasteiger partial charge in [0.15, 0.2) is 0 Å². The SMILES string of the molecule is CCN(CC)c1ccc(COCCC(=O)O)cc1. The molecule has 1 aromatic rings. The second kappa shape index (κ2) is 7.71. The summed E-state index contributed by atoms with van der Waals surface area (Å²) in [5, 5.41) is 8.48. The highest BCUT2D eigenvalue weighted by molar-refractivity contribution is 5.66. The molecule has 0 amide bonds. The molecule has 0 aliphatic heterocycles. The summed E-state index contributed by atoms with van der Waals surface area (Å²) in [5.74, 6) is -0.827. The Morgan fingerprint density at radius 2 is 1.83 bits per heavy atom. The van der Waals surface area contributed by atoms with E-state index < -0.39 is 5.97 Å². The van der Waals surface area contributed by atoms with Crippen LogP contribution in [0.1, 0.15) is 25.8 Å². The molecule has 4 heteroatoms. The van der Waals surface area contributed by atoms with Crippen LogP contribution >= 0.6 is 0 Å². The number of anilines is 1. The van der Waals surface area contributed by atoms with Crippen LogP contribution in [0.15, 0.2) is 24.3 Å². The predicted octanol–water partition coefficient (Wildman–Crippen LogP) is 2.52. The third-order valence-electron chi connectivity index (χ3n) is 2.79. The largest absolute Gasteiger partial charge is 0.481 e. The molecule has 4 nitrogen and oxygen atoms in total. The number of nitrogens with zero attached hydrogens (tertiary/aromatic N) is 1. The average molecular weight is 251 g/mol. The number of carbonyl (C=O) groups is 1. The monoisotopic (exact) mass is 251 g/mol. The Hall–Kier alpha value is -1.55. The second-order valence-electron chi connectivity index (χ2n) is 4.04. The van der Waals surface area contributed by atoms with Gasteiger partial charge in [-0.15, -0.1) is 0 Å². The highest BCUT2D eigenvalue weighted by Gasteiger charge is 2.02. The van der Waals surface area contributed by atoms with Crippen LogP contribution in [0.25, 0.3) is 0 Å². The van der Waals surface area contributed by atoms with Crippen molar-refractivity contribution in [1.82, 2.24) is 0 Å². The maximum Gasteiger partial charge on any atom is 0.305 e. The lowest BCUT2D eigenvalue weighted by Gasteiger charge is -2.21. The quantitative estimate of drug-likeness (QED) is 0.721. The summed E-state index contributed by atoms with van der Waals surface area (Å²) in [6.07, 6.45) is 0.0531. The van der Waals surface area contributed by atoms with Gasteiger partial charge in [-0.2, -0.15) is 0 Å². The molecule has 0 unspecified atom stereocenters. The van der Waals surface area contributed by atoms with Crippen molar-refractivity contribution in [3.63, 3.8) is 0 Å². The maximum absolute atomic E-state index is 10.3. The van der Waals surface area contributed by atoms with Crippen molar-refractivity contribution in [3.8, 4) is 0 Å². The molecule has 0 aliphatic rings. The number of carboxylic acid groups (broad SMARTS) is 1. The lowest BCUT2D eigenvalue weighted by Crippen LogP contribution is -2.21. The van der Waals surface area contributed by atoms with Gasteiger partial charge in [-0.25, -0.2) is 0 Å². The van der Waals surface area contributed by atoms with Crippen LogP contribution in [0.3, 0.4) is 0 Å². The molecule has 18 heavy (non-hydrogen) atoms. The third-order valence-corrected chi connectivity index (χ3v) is 2.79. The lowest BCUT2D eigenvalue weighted by molar-refractivity contribution is -0.138. The third kappa shape index (κ3) is 4.75. The minimum absolute atomic E-state index is 0.0531. The standard InChI is InChI=1S/C14H21NO3/c1-3-15(4-2)13-7-5-12(6-8-13)11-18-10-9-14(16)17/h5-8H,3-4,9-11H2,1-2H3,(H,16,17). The van der Waals surface area contributed by atoms with Gasteiger partial charge in [-0.1, -0.05) is 12.1 Å². The molecule has 0 atom stereocenters. The van der Waals surface area contributed by atoms with Crippen molar-refractivity contribution in [2.45, 2.75) is 26.9 Å². The van der Waals surface area contributed by atoms with Gasteiger partial charge in [0.25, 0.3) is 0 Å². The molecule has 0 saturated heterocycles. The van der Waals surface area contributed by atoms with Crippen molar-refractivity contribution in [3.05, 3.63) is 29.8 Å². The number of benzene rings is 1. The van der Waals surface area contributed by atoms with Crippen molar-refractivity contribution < 1.29 is 14.6 Å². The molecule has 1 rings (SSSR count). The summed E-state index contributed by atoms with van der Waals surface area (Å²) < 4.78 is 5.29. The van der Waals surface area contributed by atoms with E-state index in [-0.39, 0.29) is 13.0 Å². The van der Waals surface area contributed by atoms with Crippen LogP contribution in [0.4, 0.5) is 5.69 Å². The van der Waals surface area contributed by atoms with Crippen molar-refractivity contribution >= 4 is 11.7 Å². The van der Waals surface area contributed by atoms with Crippen LogP contribution in [0.5, 0.6) is 0 Å². The van der Waals surface area contributed by atoms with Crippen LogP contribution in [-0.4, -0.2) is 30.8 Å². The van der Waals surface area contributed by atoms with E-state index in [0.717, 1.165) is 18.7 Å². The molecule has 0 radical (unpaired) electrons. The molecule has 0 aromatic heterocycles. The van der Waals surface area contributed by atoms with Crippen LogP contribution < -0.4 is 4.90 Å². The normalized spacial score (nSPS) is 10.3.